The zero-order valence-corrected chi connectivity index (χ0v) is 18.9. The van der Waals surface area contributed by atoms with E-state index < -0.39 is 17.7 Å². The van der Waals surface area contributed by atoms with E-state index in [1.165, 1.54) is 19.1 Å². The second-order valence-electron chi connectivity index (χ2n) is 7.61. The SMILES string of the molecule is COc1ccc(/C(O)=C2/C(=O)C(=O)N(CCN(C)C)[C@H]2c2cccc(OC)c2OC)cc1. The van der Waals surface area contributed by atoms with E-state index in [-0.39, 0.29) is 11.3 Å². The number of likely N-dealkylation sites (tertiary alicyclic amines) is 1. The Hall–Kier alpha value is -3.52. The number of benzene rings is 2. The van der Waals surface area contributed by atoms with Gasteiger partial charge in [-0.1, -0.05) is 12.1 Å². The maximum atomic E-state index is 13.1. The van der Waals surface area contributed by atoms with E-state index in [1.54, 1.807) is 49.6 Å². The Kier molecular flexibility index (Phi) is 7.05. The van der Waals surface area contributed by atoms with Crippen molar-refractivity contribution in [3.8, 4) is 17.2 Å². The third-order valence-corrected chi connectivity index (χ3v) is 5.42. The number of para-hydroxylation sites is 1. The van der Waals surface area contributed by atoms with Crippen molar-refractivity contribution in [2.75, 3.05) is 48.5 Å². The summed E-state index contributed by atoms with van der Waals surface area (Å²) in [5, 5.41) is 11.1. The van der Waals surface area contributed by atoms with Gasteiger partial charge in [0, 0.05) is 24.2 Å². The van der Waals surface area contributed by atoms with Crippen molar-refractivity contribution in [1.82, 2.24) is 9.80 Å². The van der Waals surface area contributed by atoms with Crippen LogP contribution >= 0.6 is 0 Å². The number of rotatable bonds is 8. The Morgan fingerprint density at radius 2 is 1.69 bits per heavy atom. The number of ketones is 1. The molecule has 1 saturated heterocycles. The molecule has 0 spiro atoms. The first-order valence-electron chi connectivity index (χ1n) is 10.1. The lowest BCUT2D eigenvalue weighted by Gasteiger charge is -2.28. The number of amides is 1. The topological polar surface area (TPSA) is 88.5 Å². The Labute approximate surface area is 187 Å². The zero-order chi connectivity index (χ0) is 23.4. The van der Waals surface area contributed by atoms with Crippen LogP contribution in [0, 0.1) is 0 Å². The number of methoxy groups -OCH3 is 3. The fourth-order valence-electron chi connectivity index (χ4n) is 3.77. The molecule has 0 aliphatic carbocycles. The first-order valence-corrected chi connectivity index (χ1v) is 10.1. The quantitative estimate of drug-likeness (QED) is 0.384. The van der Waals surface area contributed by atoms with Gasteiger partial charge in [-0.15, -0.1) is 0 Å². The molecule has 0 aromatic heterocycles. The standard InChI is InChI=1S/C24H28N2O6/c1-25(2)13-14-26-20(17-7-6-8-18(31-4)23(17)32-5)19(22(28)24(26)29)21(27)15-9-11-16(30-3)12-10-15/h6-12,20,27H,13-14H2,1-5H3/b21-19-/t20-/m0/s1. The van der Waals surface area contributed by atoms with Gasteiger partial charge in [0.2, 0.25) is 0 Å². The molecule has 1 N–H and O–H groups in total. The Bertz CT molecular complexity index is 1030. The van der Waals surface area contributed by atoms with Crippen molar-refractivity contribution in [2.24, 2.45) is 0 Å². The molecular weight excluding hydrogens is 412 g/mol. The molecule has 1 fully saturated rings. The van der Waals surface area contributed by atoms with Crippen LogP contribution < -0.4 is 14.2 Å². The predicted molar refractivity (Wildman–Crippen MR) is 120 cm³/mol. The van der Waals surface area contributed by atoms with Crippen molar-refractivity contribution < 1.29 is 28.9 Å². The molecule has 1 amide bonds. The number of ether oxygens (including phenoxy) is 3. The summed E-state index contributed by atoms with van der Waals surface area (Å²) in [4.78, 5) is 29.5. The highest BCUT2D eigenvalue weighted by Gasteiger charge is 2.47. The van der Waals surface area contributed by atoms with E-state index in [9.17, 15) is 14.7 Å². The maximum Gasteiger partial charge on any atom is 0.295 e. The molecule has 32 heavy (non-hydrogen) atoms. The number of aliphatic hydroxyl groups excluding tert-OH is 1. The highest BCUT2D eigenvalue weighted by atomic mass is 16.5. The van der Waals surface area contributed by atoms with E-state index in [2.05, 4.69) is 0 Å². The zero-order valence-electron chi connectivity index (χ0n) is 18.9. The van der Waals surface area contributed by atoms with Crippen molar-refractivity contribution in [1.29, 1.82) is 0 Å². The van der Waals surface area contributed by atoms with Crippen LogP contribution in [0.4, 0.5) is 0 Å². The summed E-state index contributed by atoms with van der Waals surface area (Å²) < 4.78 is 16.2. The number of Topliss-reactive ketones (excluding diaryl/α,β-unsaturated/α-hetero) is 1. The molecule has 0 saturated carbocycles. The number of nitrogens with zero attached hydrogens (tertiary/aromatic N) is 2. The fourth-order valence-corrected chi connectivity index (χ4v) is 3.77. The van der Waals surface area contributed by atoms with Crippen LogP contribution in [0.15, 0.2) is 48.0 Å². The van der Waals surface area contributed by atoms with E-state index in [0.717, 1.165) is 0 Å². The highest BCUT2D eigenvalue weighted by Crippen LogP contribution is 2.45. The van der Waals surface area contributed by atoms with E-state index in [1.807, 2.05) is 19.0 Å². The smallest absolute Gasteiger partial charge is 0.295 e. The van der Waals surface area contributed by atoms with Crippen LogP contribution in [0.2, 0.25) is 0 Å². The minimum atomic E-state index is -0.831. The molecule has 8 heteroatoms. The van der Waals surface area contributed by atoms with E-state index >= 15 is 0 Å². The average molecular weight is 440 g/mol. The molecule has 1 aliphatic rings. The fraction of sp³-hybridized carbons (Fsp3) is 0.333. The van der Waals surface area contributed by atoms with Gasteiger partial charge in [-0.3, -0.25) is 9.59 Å². The van der Waals surface area contributed by atoms with Crippen LogP contribution in [-0.2, 0) is 9.59 Å². The summed E-state index contributed by atoms with van der Waals surface area (Å²) in [6.07, 6.45) is 0. The van der Waals surface area contributed by atoms with Crippen LogP contribution in [-0.4, -0.2) is 75.1 Å². The van der Waals surface area contributed by atoms with Crippen LogP contribution in [0.25, 0.3) is 5.76 Å². The molecule has 0 unspecified atom stereocenters. The molecule has 170 valence electrons. The molecule has 1 heterocycles. The number of carbonyl (C=O) groups excluding carboxylic acids is 2. The summed E-state index contributed by atoms with van der Waals surface area (Å²) in [5.41, 5.74) is 0.966. The largest absolute Gasteiger partial charge is 0.507 e. The molecule has 8 nitrogen and oxygen atoms in total. The number of hydrogen-bond donors (Lipinski definition) is 1. The number of likely N-dealkylation sites (N-methyl/N-ethyl adjacent to an activating group) is 1. The lowest BCUT2D eigenvalue weighted by molar-refractivity contribution is -0.140. The van der Waals surface area contributed by atoms with Crippen molar-refractivity contribution in [2.45, 2.75) is 6.04 Å². The number of aliphatic hydroxyl groups is 1. The molecular formula is C24H28N2O6. The second kappa shape index (κ2) is 9.74. The summed E-state index contributed by atoms with van der Waals surface area (Å²) in [6, 6.07) is 11.1. The van der Waals surface area contributed by atoms with Crippen LogP contribution in [0.1, 0.15) is 17.2 Å². The number of hydrogen-bond acceptors (Lipinski definition) is 7. The summed E-state index contributed by atoms with van der Waals surface area (Å²) in [5.74, 6) is -0.194. The maximum absolute atomic E-state index is 13.1. The summed E-state index contributed by atoms with van der Waals surface area (Å²) in [7, 11) is 8.32. The normalized spacial score (nSPS) is 17.7. The Morgan fingerprint density at radius 3 is 2.25 bits per heavy atom. The summed E-state index contributed by atoms with van der Waals surface area (Å²) >= 11 is 0. The average Bonchev–Trinajstić information content (AvgIpc) is 3.06. The molecule has 3 rings (SSSR count). The predicted octanol–water partition coefficient (Wildman–Crippen LogP) is 2.70. The van der Waals surface area contributed by atoms with Crippen molar-refractivity contribution in [3.63, 3.8) is 0 Å². The minimum absolute atomic E-state index is 0.00507. The molecule has 1 aliphatic heterocycles. The van der Waals surface area contributed by atoms with Gasteiger partial charge in [0.1, 0.15) is 11.5 Å². The van der Waals surface area contributed by atoms with Gasteiger partial charge in [0.05, 0.1) is 32.9 Å². The lowest BCUT2D eigenvalue weighted by Crippen LogP contribution is -2.35. The highest BCUT2D eigenvalue weighted by molar-refractivity contribution is 6.46. The van der Waals surface area contributed by atoms with E-state index in [0.29, 0.717) is 41.5 Å². The summed E-state index contributed by atoms with van der Waals surface area (Å²) in [6.45, 7) is 0.834. The van der Waals surface area contributed by atoms with Crippen molar-refractivity contribution >= 4 is 17.4 Å². The third kappa shape index (κ3) is 4.27. The first kappa shape index (κ1) is 23.1. The van der Waals surface area contributed by atoms with Crippen LogP contribution in [0.5, 0.6) is 17.2 Å². The minimum Gasteiger partial charge on any atom is -0.507 e. The van der Waals surface area contributed by atoms with Gasteiger partial charge < -0.3 is 29.1 Å². The van der Waals surface area contributed by atoms with E-state index in [4.69, 9.17) is 14.2 Å². The van der Waals surface area contributed by atoms with Crippen molar-refractivity contribution in [3.05, 3.63) is 59.2 Å². The van der Waals surface area contributed by atoms with Crippen LogP contribution in [0.3, 0.4) is 0 Å². The molecule has 0 radical (unpaired) electrons. The second-order valence-corrected chi connectivity index (χ2v) is 7.61. The van der Waals surface area contributed by atoms with Gasteiger partial charge >= 0.3 is 0 Å². The molecule has 0 bridgehead atoms. The monoisotopic (exact) mass is 440 g/mol. The van der Waals surface area contributed by atoms with Gasteiger partial charge in [0.15, 0.2) is 11.5 Å². The number of carbonyl (C=O) groups is 2. The first-order chi connectivity index (χ1) is 15.3. The molecule has 1 atom stereocenters. The Morgan fingerprint density at radius 1 is 1.00 bits per heavy atom. The van der Waals surface area contributed by atoms with Gasteiger partial charge in [-0.05, 0) is 44.4 Å². The van der Waals surface area contributed by atoms with Gasteiger partial charge in [-0.25, -0.2) is 0 Å². The Balaban J connectivity index is 2.22. The van der Waals surface area contributed by atoms with Gasteiger partial charge in [-0.2, -0.15) is 0 Å². The molecule has 2 aromatic rings. The molecule has 2 aromatic carbocycles. The third-order valence-electron chi connectivity index (χ3n) is 5.42. The van der Waals surface area contributed by atoms with Gasteiger partial charge in [0.25, 0.3) is 11.7 Å². The lowest BCUT2D eigenvalue weighted by atomic mass is 9.94.